The molecule has 0 aliphatic rings. The van der Waals surface area contributed by atoms with Gasteiger partial charge in [0.25, 0.3) is 5.91 Å². The van der Waals surface area contributed by atoms with Gasteiger partial charge < -0.3 is 24.3 Å². The molecule has 1 amide bonds. The van der Waals surface area contributed by atoms with Crippen LogP contribution in [0.4, 0.5) is 36.4 Å². The molecule has 0 aliphatic heterocycles. The van der Waals surface area contributed by atoms with Gasteiger partial charge in [-0.3, -0.25) is 4.79 Å². The Morgan fingerprint density at radius 1 is 0.974 bits per heavy atom. The third-order valence-electron chi connectivity index (χ3n) is 4.84. The van der Waals surface area contributed by atoms with Crippen molar-refractivity contribution in [1.82, 2.24) is 4.98 Å². The first kappa shape index (κ1) is 24.8. The van der Waals surface area contributed by atoms with Gasteiger partial charge in [0.15, 0.2) is 17.3 Å². The number of aromatic nitrogens is 1. The van der Waals surface area contributed by atoms with Crippen LogP contribution < -0.4 is 19.5 Å². The number of aryl methyl sites for hydroxylation is 1. The highest BCUT2D eigenvalue weighted by Crippen LogP contribution is 2.41. The smallest absolute Gasteiger partial charge is 0.493 e. The highest BCUT2D eigenvalue weighted by Gasteiger charge is 2.38. The molecule has 3 rings (SSSR count). The molecule has 1 N–H and O–H groups in total. The van der Waals surface area contributed by atoms with E-state index in [4.69, 9.17) is 8.85 Å². The van der Waals surface area contributed by atoms with Gasteiger partial charge in [0.05, 0.1) is 35.2 Å². The van der Waals surface area contributed by atoms with E-state index in [9.17, 15) is 35.9 Å². The summed E-state index contributed by atoms with van der Waals surface area (Å²) in [5.41, 5.74) is -3.55. The molecule has 8 nitrogen and oxygen atoms in total. The van der Waals surface area contributed by atoms with Crippen molar-refractivity contribution in [3.8, 4) is 23.0 Å². The molecular formula is C24H17F7N2O6. The van der Waals surface area contributed by atoms with Crippen molar-refractivity contribution in [3.05, 3.63) is 70.8 Å². The van der Waals surface area contributed by atoms with Crippen LogP contribution in [0, 0.1) is 12.7 Å². The second kappa shape index (κ2) is 11.0. The van der Waals surface area contributed by atoms with E-state index in [0.717, 1.165) is 19.2 Å². The molecule has 15 heteroatoms. The van der Waals surface area contributed by atoms with Gasteiger partial charge in [-0.25, -0.2) is 14.2 Å². The predicted octanol–water partition coefficient (Wildman–Crippen LogP) is 6.29. The third-order valence-corrected chi connectivity index (χ3v) is 4.84. The fourth-order valence-corrected chi connectivity index (χ4v) is 3.14. The van der Waals surface area contributed by atoms with Crippen molar-refractivity contribution in [1.29, 1.82) is 0 Å². The van der Waals surface area contributed by atoms with Crippen LogP contribution in [0.3, 0.4) is 0 Å². The van der Waals surface area contributed by atoms with Crippen LogP contribution in [0.1, 0.15) is 36.2 Å². The third kappa shape index (κ3) is 6.86. The molecule has 0 fully saturated rings. The Labute approximate surface area is 219 Å². The highest BCUT2D eigenvalue weighted by atomic mass is 19.4. The number of carbonyl (C=O) groups excluding carboxylic acids is 2. The number of halogens is 7. The fourth-order valence-electron chi connectivity index (χ4n) is 3.14. The number of nitrogens with zero attached hydrogens (tertiary/aromatic N) is 1. The predicted molar refractivity (Wildman–Crippen MR) is 119 cm³/mol. The Balaban J connectivity index is 2.10. The van der Waals surface area contributed by atoms with Crippen LogP contribution in [0.5, 0.6) is 23.0 Å². The molecule has 0 aliphatic carbocycles. The van der Waals surface area contributed by atoms with Gasteiger partial charge in [-0.05, 0) is 43.3 Å². The van der Waals surface area contributed by atoms with Gasteiger partial charge >= 0.3 is 18.5 Å². The SMILES string of the molecule is [2H]C([2H])([2H])Oc1cc(OC(F)(F)F)ccc1Oc1ccc(C(F)(F)F)c(F)c1C(=O)Nc1ccc(C(=O)OC)nc1C. The lowest BCUT2D eigenvalue weighted by molar-refractivity contribution is -0.274. The first-order valence-electron chi connectivity index (χ1n) is 11.8. The summed E-state index contributed by atoms with van der Waals surface area (Å²) in [7, 11) is -2.18. The van der Waals surface area contributed by atoms with E-state index in [2.05, 4.69) is 24.5 Å². The Bertz CT molecular complexity index is 1510. The fraction of sp³-hybridized carbons (Fsp3) is 0.208. The molecule has 1 heterocycles. The summed E-state index contributed by atoms with van der Waals surface area (Å²) in [6, 6.07) is 4.80. The number of esters is 1. The number of rotatable bonds is 7. The van der Waals surface area contributed by atoms with E-state index in [1.807, 2.05) is 0 Å². The minimum atomic E-state index is -5.27. The highest BCUT2D eigenvalue weighted by molar-refractivity contribution is 6.07. The number of amides is 1. The second-order valence-electron chi connectivity index (χ2n) is 7.43. The van der Waals surface area contributed by atoms with E-state index >= 15 is 4.39 Å². The molecule has 1 aromatic heterocycles. The van der Waals surface area contributed by atoms with Crippen LogP contribution in [-0.2, 0) is 10.9 Å². The lowest BCUT2D eigenvalue weighted by Gasteiger charge is -2.18. The summed E-state index contributed by atoms with van der Waals surface area (Å²) in [6.07, 6.45) is -10.5. The molecule has 208 valence electrons. The molecule has 0 bridgehead atoms. The van der Waals surface area contributed by atoms with Crippen molar-refractivity contribution in [2.24, 2.45) is 0 Å². The summed E-state index contributed by atoms with van der Waals surface area (Å²) in [5, 5.41) is 2.14. The number of anilines is 1. The summed E-state index contributed by atoms with van der Waals surface area (Å²) < 4.78 is 133. The largest absolute Gasteiger partial charge is 0.573 e. The zero-order valence-corrected chi connectivity index (χ0v) is 19.6. The molecule has 0 radical (unpaired) electrons. The maximum Gasteiger partial charge on any atom is 0.573 e. The number of benzene rings is 2. The Hall–Kier alpha value is -4.56. The van der Waals surface area contributed by atoms with Crippen LogP contribution in [-0.4, -0.2) is 37.4 Å². The van der Waals surface area contributed by atoms with Crippen LogP contribution >= 0.6 is 0 Å². The molecule has 0 atom stereocenters. The van der Waals surface area contributed by atoms with Gasteiger partial charge in [-0.2, -0.15) is 13.2 Å². The summed E-state index contributed by atoms with van der Waals surface area (Å²) >= 11 is 0. The van der Waals surface area contributed by atoms with Crippen LogP contribution in [0.15, 0.2) is 42.5 Å². The first-order valence-corrected chi connectivity index (χ1v) is 10.3. The van der Waals surface area contributed by atoms with Gasteiger partial charge in [-0.1, -0.05) is 0 Å². The Kier molecular flexibility index (Phi) is 7.01. The summed E-state index contributed by atoms with van der Waals surface area (Å²) in [5.74, 6) is -7.93. The molecule has 2 aromatic carbocycles. The topological polar surface area (TPSA) is 96.0 Å². The molecule has 0 saturated carbocycles. The average molecular weight is 565 g/mol. The van der Waals surface area contributed by atoms with Crippen molar-refractivity contribution in [2.45, 2.75) is 19.5 Å². The van der Waals surface area contributed by atoms with E-state index < -0.39 is 71.4 Å². The number of ether oxygens (including phenoxy) is 4. The van der Waals surface area contributed by atoms with Crippen LogP contribution in [0.2, 0.25) is 0 Å². The van der Waals surface area contributed by atoms with E-state index in [1.165, 1.54) is 6.92 Å². The minimum absolute atomic E-state index is 0.0188. The van der Waals surface area contributed by atoms with Crippen molar-refractivity contribution in [2.75, 3.05) is 19.5 Å². The van der Waals surface area contributed by atoms with Gasteiger partial charge in [0.1, 0.15) is 22.8 Å². The maximum absolute atomic E-state index is 15.2. The second-order valence-corrected chi connectivity index (χ2v) is 7.43. The van der Waals surface area contributed by atoms with Crippen LogP contribution in [0.25, 0.3) is 0 Å². The summed E-state index contributed by atoms with van der Waals surface area (Å²) in [4.78, 5) is 28.6. The standard InChI is InChI=1S/C24H17F7N2O6/c1-11-14(6-7-15(32-11)22(35)37-3)33-21(34)19-17(9-5-13(20(19)25)23(26,27)28)38-16-8-4-12(10-18(16)36-2)39-24(29,30)31/h4-10H,1-3H3,(H,33,34)/i2D3. The number of hydrogen-bond donors (Lipinski definition) is 1. The quantitative estimate of drug-likeness (QED) is 0.266. The van der Waals surface area contributed by atoms with Gasteiger partial charge in [0, 0.05) is 6.07 Å². The summed E-state index contributed by atoms with van der Waals surface area (Å²) in [6.45, 7) is 1.31. The van der Waals surface area contributed by atoms with Crippen molar-refractivity contribution in [3.63, 3.8) is 0 Å². The van der Waals surface area contributed by atoms with E-state index in [0.29, 0.717) is 24.3 Å². The maximum atomic E-state index is 15.2. The number of hydrogen-bond acceptors (Lipinski definition) is 7. The Morgan fingerprint density at radius 2 is 1.67 bits per heavy atom. The lowest BCUT2D eigenvalue weighted by atomic mass is 10.1. The molecule has 0 spiro atoms. The number of pyridine rings is 1. The van der Waals surface area contributed by atoms with E-state index in [-0.39, 0.29) is 23.1 Å². The lowest BCUT2D eigenvalue weighted by Crippen LogP contribution is -2.20. The molecule has 39 heavy (non-hydrogen) atoms. The first-order chi connectivity index (χ1) is 19.3. The minimum Gasteiger partial charge on any atom is -0.493 e. The number of carbonyl (C=O) groups is 2. The number of alkyl halides is 6. The molecule has 0 unspecified atom stereocenters. The van der Waals surface area contributed by atoms with E-state index in [1.54, 1.807) is 0 Å². The number of nitrogens with one attached hydrogen (secondary N) is 1. The molecular weight excluding hydrogens is 545 g/mol. The average Bonchev–Trinajstić information content (AvgIpc) is 2.83. The zero-order chi connectivity index (χ0) is 31.6. The van der Waals surface area contributed by atoms with Crippen molar-refractivity contribution >= 4 is 17.6 Å². The van der Waals surface area contributed by atoms with Crippen molar-refractivity contribution < 1.29 is 63.4 Å². The normalized spacial score (nSPS) is 13.0. The zero-order valence-electron chi connectivity index (χ0n) is 22.6. The monoisotopic (exact) mass is 565 g/mol. The van der Waals surface area contributed by atoms with Gasteiger partial charge in [0.2, 0.25) is 0 Å². The molecule has 0 saturated heterocycles. The number of methoxy groups -OCH3 is 2. The Morgan fingerprint density at radius 3 is 2.26 bits per heavy atom. The van der Waals surface area contributed by atoms with Gasteiger partial charge in [-0.15, -0.1) is 13.2 Å². The molecule has 3 aromatic rings.